The van der Waals surface area contributed by atoms with Crippen LogP contribution in [0.15, 0.2) is 239 Å². The van der Waals surface area contributed by atoms with Crippen LogP contribution in [0.4, 0.5) is 0 Å². The highest BCUT2D eigenvalue weighted by atomic mass is 16.3. The molecular formula is C63H38N4O2. The Labute approximate surface area is 396 Å². The van der Waals surface area contributed by atoms with E-state index < -0.39 is 0 Å². The Morgan fingerprint density at radius 3 is 1.61 bits per heavy atom. The third-order valence-electron chi connectivity index (χ3n) is 13.5. The van der Waals surface area contributed by atoms with Gasteiger partial charge in [-0.05, 0) is 88.0 Å². The monoisotopic (exact) mass is 882 g/mol. The molecular weight excluding hydrogens is 845 g/mol. The average molecular weight is 883 g/mol. The van der Waals surface area contributed by atoms with Crippen molar-refractivity contribution in [3.63, 3.8) is 0 Å². The van der Waals surface area contributed by atoms with Crippen LogP contribution in [0.1, 0.15) is 0 Å². The standard InChI is InChI=1S/C63H38N4O2/c1-4-14-39(15-5-1)41-26-28-43(29-27-41)62-64-61(42-18-8-3-9-19-42)65-63(66-62)50-22-13-25-57-59(50)49-33-30-46(38-58(49)68-57)45-32-35-56-52(37-45)48-21-12-24-55(60(48)69-56)67-53-23-11-10-20-47(53)51-36-44(31-34-54(51)67)40-16-6-2-7-17-40/h1-38H. The Morgan fingerprint density at radius 2 is 0.826 bits per heavy atom. The van der Waals surface area contributed by atoms with Gasteiger partial charge in [0.1, 0.15) is 16.7 Å². The maximum atomic E-state index is 6.80. The van der Waals surface area contributed by atoms with Gasteiger partial charge in [0.25, 0.3) is 0 Å². The van der Waals surface area contributed by atoms with Gasteiger partial charge in [-0.3, -0.25) is 0 Å². The van der Waals surface area contributed by atoms with Crippen molar-refractivity contribution in [2.45, 2.75) is 0 Å². The molecule has 0 unspecified atom stereocenters. The first-order valence-corrected chi connectivity index (χ1v) is 23.2. The van der Waals surface area contributed by atoms with E-state index in [2.05, 4.69) is 187 Å². The second-order valence-electron chi connectivity index (χ2n) is 17.5. The molecule has 0 aliphatic rings. The fraction of sp³-hybridized carbons (Fsp3) is 0. The molecule has 0 spiro atoms. The number of aromatic nitrogens is 4. The second kappa shape index (κ2) is 15.6. The summed E-state index contributed by atoms with van der Waals surface area (Å²) in [5.41, 5.74) is 16.0. The average Bonchev–Trinajstić information content (AvgIpc) is 4.10. The van der Waals surface area contributed by atoms with Gasteiger partial charge in [0.15, 0.2) is 23.1 Å². The molecule has 0 aliphatic carbocycles. The van der Waals surface area contributed by atoms with Gasteiger partial charge in [0.2, 0.25) is 0 Å². The Balaban J connectivity index is 0.859. The number of hydrogen-bond donors (Lipinski definition) is 0. The van der Waals surface area contributed by atoms with Gasteiger partial charge >= 0.3 is 0 Å². The Morgan fingerprint density at radius 1 is 0.290 bits per heavy atom. The molecule has 69 heavy (non-hydrogen) atoms. The van der Waals surface area contributed by atoms with E-state index >= 15 is 0 Å². The molecule has 10 aromatic carbocycles. The zero-order chi connectivity index (χ0) is 45.4. The van der Waals surface area contributed by atoms with Crippen molar-refractivity contribution in [2.24, 2.45) is 0 Å². The first kappa shape index (κ1) is 38.8. The summed E-state index contributed by atoms with van der Waals surface area (Å²) in [6.07, 6.45) is 0. The fourth-order valence-electron chi connectivity index (χ4n) is 10.2. The van der Waals surface area contributed by atoms with E-state index in [-0.39, 0.29) is 0 Å². The minimum absolute atomic E-state index is 0.581. The zero-order valence-electron chi connectivity index (χ0n) is 37.0. The SMILES string of the molecule is c1ccc(-c2ccc(-c3nc(-c4ccccc4)nc(-c4cccc5oc6cc(-c7ccc8oc9c(-n%10c%11ccccc%11c%11cc(-c%12ccccc%12)ccc%11%10)cccc9c8c7)ccc6c45)n3)cc2)cc1. The fourth-order valence-corrected chi connectivity index (χ4v) is 10.2. The van der Waals surface area contributed by atoms with Crippen LogP contribution in [0.3, 0.4) is 0 Å². The summed E-state index contributed by atoms with van der Waals surface area (Å²) in [6, 6.07) is 80.3. The van der Waals surface area contributed by atoms with Crippen molar-refractivity contribution in [2.75, 3.05) is 0 Å². The largest absolute Gasteiger partial charge is 0.456 e. The lowest BCUT2D eigenvalue weighted by Crippen LogP contribution is -2.00. The molecule has 14 aromatic rings. The number of furan rings is 2. The molecule has 0 amide bonds. The Bertz CT molecular complexity index is 4290. The number of fused-ring (bicyclic) bond motifs is 9. The predicted molar refractivity (Wildman–Crippen MR) is 281 cm³/mol. The van der Waals surface area contributed by atoms with E-state index in [0.717, 1.165) is 99.5 Å². The third-order valence-corrected chi connectivity index (χ3v) is 13.5. The van der Waals surface area contributed by atoms with Gasteiger partial charge in [-0.1, -0.05) is 176 Å². The van der Waals surface area contributed by atoms with Crippen molar-refractivity contribution in [3.05, 3.63) is 231 Å². The summed E-state index contributed by atoms with van der Waals surface area (Å²) in [7, 11) is 0. The lowest BCUT2D eigenvalue weighted by atomic mass is 10.00. The lowest BCUT2D eigenvalue weighted by molar-refractivity contribution is 0.666. The summed E-state index contributed by atoms with van der Waals surface area (Å²) < 4.78 is 15.8. The van der Waals surface area contributed by atoms with Crippen LogP contribution in [0.25, 0.3) is 139 Å². The number of nitrogens with zero attached hydrogens (tertiary/aromatic N) is 4. The molecule has 14 rings (SSSR count). The Kier molecular flexibility index (Phi) is 8.79. The van der Waals surface area contributed by atoms with Crippen LogP contribution in [-0.4, -0.2) is 19.5 Å². The normalized spacial score (nSPS) is 11.8. The highest BCUT2D eigenvalue weighted by Crippen LogP contribution is 2.42. The van der Waals surface area contributed by atoms with Crippen molar-refractivity contribution in [1.82, 2.24) is 19.5 Å². The van der Waals surface area contributed by atoms with Gasteiger partial charge < -0.3 is 13.4 Å². The summed E-state index contributed by atoms with van der Waals surface area (Å²) in [5.74, 6) is 1.79. The topological polar surface area (TPSA) is 69.9 Å². The molecule has 4 heterocycles. The number of hydrogen-bond acceptors (Lipinski definition) is 5. The smallest absolute Gasteiger partial charge is 0.164 e. The van der Waals surface area contributed by atoms with Crippen LogP contribution in [-0.2, 0) is 0 Å². The predicted octanol–water partition coefficient (Wildman–Crippen LogP) is 16.8. The molecule has 0 atom stereocenters. The first-order valence-electron chi connectivity index (χ1n) is 23.2. The van der Waals surface area contributed by atoms with Crippen LogP contribution >= 0.6 is 0 Å². The minimum atomic E-state index is 0.581. The zero-order valence-corrected chi connectivity index (χ0v) is 37.0. The van der Waals surface area contributed by atoms with E-state index in [9.17, 15) is 0 Å². The van der Waals surface area contributed by atoms with E-state index in [4.69, 9.17) is 23.8 Å². The van der Waals surface area contributed by atoms with Gasteiger partial charge in [-0.2, -0.15) is 0 Å². The molecule has 0 radical (unpaired) electrons. The van der Waals surface area contributed by atoms with E-state index in [0.29, 0.717) is 17.5 Å². The Hall–Kier alpha value is -9.39. The van der Waals surface area contributed by atoms with Crippen molar-refractivity contribution in [3.8, 4) is 73.2 Å². The molecule has 0 bridgehead atoms. The maximum absolute atomic E-state index is 6.80. The summed E-state index contributed by atoms with van der Waals surface area (Å²) in [5, 5.41) is 6.47. The molecule has 0 saturated heterocycles. The van der Waals surface area contributed by atoms with Crippen molar-refractivity contribution < 1.29 is 8.83 Å². The first-order chi connectivity index (χ1) is 34.2. The van der Waals surface area contributed by atoms with E-state index in [1.54, 1.807) is 0 Å². The van der Waals surface area contributed by atoms with Crippen LogP contribution in [0.5, 0.6) is 0 Å². The van der Waals surface area contributed by atoms with Crippen LogP contribution in [0, 0.1) is 0 Å². The number of para-hydroxylation sites is 2. The maximum Gasteiger partial charge on any atom is 0.164 e. The van der Waals surface area contributed by atoms with Gasteiger partial charge in [-0.25, -0.2) is 15.0 Å². The van der Waals surface area contributed by atoms with Gasteiger partial charge in [0, 0.05) is 49.0 Å². The third kappa shape index (κ3) is 6.45. The molecule has 0 aliphatic heterocycles. The van der Waals surface area contributed by atoms with Gasteiger partial charge in [-0.15, -0.1) is 0 Å². The molecule has 6 nitrogen and oxygen atoms in total. The highest BCUT2D eigenvalue weighted by molar-refractivity contribution is 6.15. The quantitative estimate of drug-likeness (QED) is 0.159. The molecule has 0 fully saturated rings. The van der Waals surface area contributed by atoms with Gasteiger partial charge in [0.05, 0.1) is 16.7 Å². The minimum Gasteiger partial charge on any atom is -0.456 e. The molecule has 322 valence electrons. The van der Waals surface area contributed by atoms with Crippen molar-refractivity contribution in [1.29, 1.82) is 0 Å². The highest BCUT2D eigenvalue weighted by Gasteiger charge is 2.21. The molecule has 0 N–H and O–H groups in total. The van der Waals surface area contributed by atoms with E-state index in [1.807, 2.05) is 48.5 Å². The van der Waals surface area contributed by atoms with Crippen molar-refractivity contribution >= 4 is 65.7 Å². The summed E-state index contributed by atoms with van der Waals surface area (Å²) >= 11 is 0. The van der Waals surface area contributed by atoms with E-state index in [1.165, 1.54) is 21.9 Å². The number of rotatable bonds is 7. The van der Waals surface area contributed by atoms with Crippen LogP contribution < -0.4 is 0 Å². The molecule has 6 heteroatoms. The second-order valence-corrected chi connectivity index (χ2v) is 17.5. The lowest BCUT2D eigenvalue weighted by Gasteiger charge is -2.10. The molecule has 0 saturated carbocycles. The van der Waals surface area contributed by atoms with Crippen LogP contribution in [0.2, 0.25) is 0 Å². The summed E-state index contributed by atoms with van der Waals surface area (Å²) in [4.78, 5) is 15.3. The number of benzene rings is 10. The molecule has 4 aromatic heterocycles. The summed E-state index contributed by atoms with van der Waals surface area (Å²) in [6.45, 7) is 0.